The maximum atomic E-state index is 12.0. The van der Waals surface area contributed by atoms with Crippen molar-refractivity contribution in [3.05, 3.63) is 35.4 Å². The molecule has 19 heavy (non-hydrogen) atoms. The van der Waals surface area contributed by atoms with Gasteiger partial charge in [-0.15, -0.1) is 0 Å². The molecule has 1 N–H and O–H groups in total. The highest BCUT2D eigenvalue weighted by molar-refractivity contribution is 5.76. The van der Waals surface area contributed by atoms with Gasteiger partial charge in [-0.2, -0.15) is 0 Å². The Morgan fingerprint density at radius 1 is 1.32 bits per heavy atom. The normalized spacial score (nSPS) is 23.4. The number of ether oxygens (including phenoxy) is 1. The average Bonchev–Trinajstić information content (AvgIpc) is 2.75. The number of carbonyl (C=O) groups excluding carboxylic acids is 1. The number of aryl methyl sites for hydroxylation is 1. The third-order valence-electron chi connectivity index (χ3n) is 3.28. The SMILES string of the molecule is Cc1cccc(C2CCC(C(=O)OC(C)(C)C)N2)c1. The second-order valence-electron chi connectivity index (χ2n) is 6.30. The van der Waals surface area contributed by atoms with Crippen LogP contribution in [-0.4, -0.2) is 17.6 Å². The molecule has 2 unspecified atom stereocenters. The standard InChI is InChI=1S/C16H23NO2/c1-11-6-5-7-12(10-11)13-8-9-14(17-13)15(18)19-16(2,3)4/h5-7,10,13-14,17H,8-9H2,1-4H3. The Balaban J connectivity index is 1.98. The first-order valence-electron chi connectivity index (χ1n) is 6.90. The minimum absolute atomic E-state index is 0.136. The maximum absolute atomic E-state index is 12.0. The van der Waals surface area contributed by atoms with Crippen molar-refractivity contribution in [1.82, 2.24) is 5.32 Å². The van der Waals surface area contributed by atoms with E-state index in [-0.39, 0.29) is 18.1 Å². The molecule has 0 spiro atoms. The lowest BCUT2D eigenvalue weighted by atomic mass is 10.0. The van der Waals surface area contributed by atoms with Gasteiger partial charge in [-0.1, -0.05) is 29.8 Å². The molecule has 1 saturated heterocycles. The van der Waals surface area contributed by atoms with Crippen LogP contribution >= 0.6 is 0 Å². The third kappa shape index (κ3) is 3.80. The lowest BCUT2D eigenvalue weighted by molar-refractivity contribution is -0.157. The summed E-state index contributed by atoms with van der Waals surface area (Å²) in [5, 5.41) is 3.38. The first kappa shape index (κ1) is 14.1. The minimum atomic E-state index is -0.416. The number of benzene rings is 1. The van der Waals surface area contributed by atoms with Crippen LogP contribution in [0.15, 0.2) is 24.3 Å². The zero-order chi connectivity index (χ0) is 14.0. The number of hydrogen-bond acceptors (Lipinski definition) is 3. The molecule has 1 heterocycles. The van der Waals surface area contributed by atoms with Gasteiger partial charge >= 0.3 is 5.97 Å². The summed E-state index contributed by atoms with van der Waals surface area (Å²) in [5.41, 5.74) is 2.09. The summed E-state index contributed by atoms with van der Waals surface area (Å²) in [6, 6.07) is 8.52. The number of carbonyl (C=O) groups is 1. The minimum Gasteiger partial charge on any atom is -0.459 e. The van der Waals surface area contributed by atoms with Crippen molar-refractivity contribution >= 4 is 5.97 Å². The van der Waals surface area contributed by atoms with E-state index in [9.17, 15) is 4.79 Å². The summed E-state index contributed by atoms with van der Waals surface area (Å²) in [7, 11) is 0. The molecule has 2 atom stereocenters. The first-order valence-corrected chi connectivity index (χ1v) is 6.90. The third-order valence-corrected chi connectivity index (χ3v) is 3.28. The van der Waals surface area contributed by atoms with Crippen LogP contribution in [0.3, 0.4) is 0 Å². The van der Waals surface area contributed by atoms with Crippen molar-refractivity contribution in [3.8, 4) is 0 Å². The van der Waals surface area contributed by atoms with Gasteiger partial charge in [0.25, 0.3) is 0 Å². The Morgan fingerprint density at radius 2 is 2.05 bits per heavy atom. The molecule has 1 aliphatic rings. The van der Waals surface area contributed by atoms with Crippen LogP contribution in [0.4, 0.5) is 0 Å². The molecule has 0 bridgehead atoms. The highest BCUT2D eigenvalue weighted by atomic mass is 16.6. The molecule has 1 fully saturated rings. The molecule has 0 amide bonds. The fourth-order valence-corrected chi connectivity index (χ4v) is 2.45. The van der Waals surface area contributed by atoms with Crippen LogP contribution in [0.1, 0.15) is 50.8 Å². The second kappa shape index (κ2) is 5.33. The smallest absolute Gasteiger partial charge is 0.323 e. The van der Waals surface area contributed by atoms with Crippen LogP contribution < -0.4 is 5.32 Å². The van der Waals surface area contributed by atoms with E-state index in [0.29, 0.717) is 0 Å². The van der Waals surface area contributed by atoms with E-state index in [1.54, 1.807) is 0 Å². The van der Waals surface area contributed by atoms with Crippen LogP contribution in [0, 0.1) is 6.92 Å². The number of rotatable bonds is 2. The molecule has 104 valence electrons. The molecule has 0 aliphatic carbocycles. The zero-order valence-electron chi connectivity index (χ0n) is 12.2. The Bertz CT molecular complexity index is 462. The lowest BCUT2D eigenvalue weighted by Crippen LogP contribution is -2.38. The van der Waals surface area contributed by atoms with E-state index < -0.39 is 5.60 Å². The summed E-state index contributed by atoms with van der Waals surface area (Å²) in [5.74, 6) is -0.136. The van der Waals surface area contributed by atoms with Gasteiger partial charge < -0.3 is 4.74 Å². The van der Waals surface area contributed by atoms with Crippen molar-refractivity contribution < 1.29 is 9.53 Å². The van der Waals surface area contributed by atoms with Gasteiger partial charge in [-0.25, -0.2) is 0 Å². The van der Waals surface area contributed by atoms with Crippen molar-refractivity contribution in [2.75, 3.05) is 0 Å². The van der Waals surface area contributed by atoms with Crippen molar-refractivity contribution in [3.63, 3.8) is 0 Å². The highest BCUT2D eigenvalue weighted by Crippen LogP contribution is 2.28. The van der Waals surface area contributed by atoms with E-state index in [2.05, 4.69) is 36.5 Å². The van der Waals surface area contributed by atoms with Crippen molar-refractivity contribution in [2.45, 2.75) is 58.2 Å². The van der Waals surface area contributed by atoms with Crippen LogP contribution in [0.2, 0.25) is 0 Å². The number of esters is 1. The summed E-state index contributed by atoms with van der Waals surface area (Å²) in [6.07, 6.45) is 1.82. The molecule has 0 radical (unpaired) electrons. The van der Waals surface area contributed by atoms with Gasteiger partial charge in [0.15, 0.2) is 0 Å². The molecular weight excluding hydrogens is 238 g/mol. The quantitative estimate of drug-likeness (QED) is 0.831. The number of hydrogen-bond donors (Lipinski definition) is 1. The average molecular weight is 261 g/mol. The van der Waals surface area contributed by atoms with Crippen molar-refractivity contribution in [2.24, 2.45) is 0 Å². The Kier molecular flexibility index (Phi) is 3.95. The molecule has 2 rings (SSSR count). The predicted octanol–water partition coefficient (Wildman–Crippen LogP) is 3.13. The molecule has 1 aromatic rings. The van der Waals surface area contributed by atoms with Gasteiger partial charge in [0, 0.05) is 6.04 Å². The maximum Gasteiger partial charge on any atom is 0.323 e. The van der Waals surface area contributed by atoms with Crippen LogP contribution in [-0.2, 0) is 9.53 Å². The zero-order valence-corrected chi connectivity index (χ0v) is 12.2. The van der Waals surface area contributed by atoms with E-state index in [4.69, 9.17) is 4.74 Å². The molecule has 3 nitrogen and oxygen atoms in total. The topological polar surface area (TPSA) is 38.3 Å². The molecular formula is C16H23NO2. The van der Waals surface area contributed by atoms with E-state index in [0.717, 1.165) is 12.8 Å². The lowest BCUT2D eigenvalue weighted by Gasteiger charge is -2.22. The molecule has 1 aromatic carbocycles. The van der Waals surface area contributed by atoms with Crippen LogP contribution in [0.5, 0.6) is 0 Å². The Labute approximate surface area is 115 Å². The highest BCUT2D eigenvalue weighted by Gasteiger charge is 2.32. The summed E-state index contributed by atoms with van der Waals surface area (Å²) in [6.45, 7) is 7.79. The summed E-state index contributed by atoms with van der Waals surface area (Å²) < 4.78 is 5.43. The molecule has 3 heteroatoms. The van der Waals surface area contributed by atoms with E-state index in [1.807, 2.05) is 20.8 Å². The summed E-state index contributed by atoms with van der Waals surface area (Å²) in [4.78, 5) is 12.0. The van der Waals surface area contributed by atoms with Gasteiger partial charge in [-0.05, 0) is 46.1 Å². The summed E-state index contributed by atoms with van der Waals surface area (Å²) >= 11 is 0. The van der Waals surface area contributed by atoms with Crippen LogP contribution in [0.25, 0.3) is 0 Å². The van der Waals surface area contributed by atoms with Crippen molar-refractivity contribution in [1.29, 1.82) is 0 Å². The predicted molar refractivity (Wildman–Crippen MR) is 75.9 cm³/mol. The van der Waals surface area contributed by atoms with Gasteiger partial charge in [-0.3, -0.25) is 10.1 Å². The first-order chi connectivity index (χ1) is 8.85. The van der Waals surface area contributed by atoms with Gasteiger partial charge in [0.2, 0.25) is 0 Å². The monoisotopic (exact) mass is 261 g/mol. The molecule has 1 aliphatic heterocycles. The fourth-order valence-electron chi connectivity index (χ4n) is 2.45. The molecule has 0 aromatic heterocycles. The fraction of sp³-hybridized carbons (Fsp3) is 0.562. The second-order valence-corrected chi connectivity index (χ2v) is 6.30. The van der Waals surface area contributed by atoms with E-state index in [1.165, 1.54) is 11.1 Å². The largest absolute Gasteiger partial charge is 0.459 e. The van der Waals surface area contributed by atoms with Gasteiger partial charge in [0.05, 0.1) is 0 Å². The van der Waals surface area contributed by atoms with E-state index >= 15 is 0 Å². The number of nitrogens with one attached hydrogen (secondary N) is 1. The Morgan fingerprint density at radius 3 is 2.68 bits per heavy atom. The Hall–Kier alpha value is -1.35. The van der Waals surface area contributed by atoms with Gasteiger partial charge in [0.1, 0.15) is 11.6 Å². The molecule has 0 saturated carbocycles.